The van der Waals surface area contributed by atoms with Crippen LogP contribution in [0.3, 0.4) is 0 Å². The Morgan fingerprint density at radius 3 is 2.85 bits per heavy atom. The van der Waals surface area contributed by atoms with Crippen molar-refractivity contribution in [2.24, 2.45) is 0 Å². The molecule has 1 aliphatic carbocycles. The Labute approximate surface area is 160 Å². The number of hydrogen-bond acceptors (Lipinski definition) is 4. The van der Waals surface area contributed by atoms with E-state index in [1.54, 1.807) is 10.7 Å². The predicted molar refractivity (Wildman–Crippen MR) is 108 cm³/mol. The van der Waals surface area contributed by atoms with Crippen LogP contribution in [0.4, 0.5) is 0 Å². The van der Waals surface area contributed by atoms with Gasteiger partial charge in [-0.2, -0.15) is 5.10 Å². The summed E-state index contributed by atoms with van der Waals surface area (Å²) in [5, 5.41) is 7.81. The van der Waals surface area contributed by atoms with Crippen LogP contribution in [0.15, 0.2) is 35.3 Å². The fourth-order valence-corrected chi connectivity index (χ4v) is 3.90. The van der Waals surface area contributed by atoms with Crippen LogP contribution in [0.1, 0.15) is 44.9 Å². The van der Waals surface area contributed by atoms with Gasteiger partial charge in [0.25, 0.3) is 0 Å². The number of nitrogens with one attached hydrogen (secondary N) is 1. The van der Waals surface area contributed by atoms with Gasteiger partial charge in [0, 0.05) is 24.4 Å². The van der Waals surface area contributed by atoms with Gasteiger partial charge in [0.1, 0.15) is 0 Å². The molecule has 146 valence electrons. The lowest BCUT2D eigenvalue weighted by molar-refractivity contribution is -0.121. The minimum absolute atomic E-state index is 0.0277. The van der Waals surface area contributed by atoms with E-state index in [0.29, 0.717) is 30.9 Å². The first-order valence-electron chi connectivity index (χ1n) is 10.1. The van der Waals surface area contributed by atoms with Crippen molar-refractivity contribution in [1.82, 2.24) is 20.0 Å². The highest BCUT2D eigenvalue weighted by Crippen LogP contribution is 2.21. The molecular formula is C21H30N4O2. The minimum atomic E-state index is -0.0895. The molecule has 1 aromatic carbocycles. The fourth-order valence-electron chi connectivity index (χ4n) is 3.90. The van der Waals surface area contributed by atoms with Gasteiger partial charge in [-0.1, -0.05) is 31.4 Å². The Bertz CT molecular complexity index is 811. The highest BCUT2D eigenvalue weighted by Gasteiger charge is 2.17. The van der Waals surface area contributed by atoms with E-state index in [1.807, 2.05) is 18.2 Å². The van der Waals surface area contributed by atoms with Crippen molar-refractivity contribution < 1.29 is 4.79 Å². The maximum absolute atomic E-state index is 12.1. The van der Waals surface area contributed by atoms with E-state index in [1.165, 1.54) is 38.3 Å². The molecule has 1 saturated carbocycles. The van der Waals surface area contributed by atoms with Gasteiger partial charge in [-0.15, -0.1) is 0 Å². The number of rotatable bonds is 8. The quantitative estimate of drug-likeness (QED) is 0.725. The Balaban J connectivity index is 1.40. The van der Waals surface area contributed by atoms with Crippen LogP contribution in [-0.4, -0.2) is 46.8 Å². The third kappa shape index (κ3) is 5.39. The molecule has 0 aliphatic heterocycles. The van der Waals surface area contributed by atoms with Crippen molar-refractivity contribution in [3.05, 3.63) is 40.7 Å². The molecule has 6 nitrogen and oxygen atoms in total. The Hall–Kier alpha value is -2.21. The second-order valence-corrected chi connectivity index (χ2v) is 7.48. The summed E-state index contributed by atoms with van der Waals surface area (Å²) in [6, 6.07) is 8.09. The molecule has 0 bridgehead atoms. The van der Waals surface area contributed by atoms with E-state index >= 15 is 0 Å². The summed E-state index contributed by atoms with van der Waals surface area (Å²) in [5.74, 6) is 0.0277. The van der Waals surface area contributed by atoms with Crippen LogP contribution in [-0.2, 0) is 11.3 Å². The van der Waals surface area contributed by atoms with Gasteiger partial charge in [-0.3, -0.25) is 14.3 Å². The molecule has 3 rings (SSSR count). The number of carbonyl (C=O) groups excluding carboxylic acids is 1. The minimum Gasteiger partial charge on any atom is -0.356 e. The number of nitrogens with zero attached hydrogens (tertiary/aromatic N) is 3. The lowest BCUT2D eigenvalue weighted by Gasteiger charge is -2.31. The highest BCUT2D eigenvalue weighted by molar-refractivity contribution is 5.79. The standard InChI is InChI=1S/C21H30N4O2/c1-24(17-8-3-2-4-9-17)14-7-13-22-21(27)12-15-25-19-11-6-5-10-18(19)20(26)16-23-25/h5-6,10-11,16-17H,2-4,7-9,12-15H2,1H3,(H,22,27). The summed E-state index contributed by atoms with van der Waals surface area (Å²) in [7, 11) is 2.20. The summed E-state index contributed by atoms with van der Waals surface area (Å²) >= 11 is 0. The molecule has 0 unspecified atom stereocenters. The smallest absolute Gasteiger partial charge is 0.221 e. The summed E-state index contributed by atoms with van der Waals surface area (Å²) in [4.78, 5) is 26.4. The maximum Gasteiger partial charge on any atom is 0.221 e. The first-order chi connectivity index (χ1) is 13.1. The number of carbonyl (C=O) groups is 1. The number of aryl methyl sites for hydroxylation is 1. The SMILES string of the molecule is CN(CCCNC(=O)CCn1ncc(=O)c2ccccc21)C1CCCCC1. The molecule has 1 heterocycles. The van der Waals surface area contributed by atoms with Crippen LogP contribution < -0.4 is 10.7 Å². The second-order valence-electron chi connectivity index (χ2n) is 7.48. The van der Waals surface area contributed by atoms with Gasteiger partial charge < -0.3 is 10.2 Å². The molecule has 27 heavy (non-hydrogen) atoms. The van der Waals surface area contributed by atoms with Crippen LogP contribution in [0, 0.1) is 0 Å². The van der Waals surface area contributed by atoms with Gasteiger partial charge in [0.2, 0.25) is 11.3 Å². The molecule has 1 amide bonds. The van der Waals surface area contributed by atoms with E-state index in [4.69, 9.17) is 0 Å². The van der Waals surface area contributed by atoms with Crippen LogP contribution in [0.25, 0.3) is 10.9 Å². The van der Waals surface area contributed by atoms with Crippen molar-refractivity contribution in [3.8, 4) is 0 Å². The molecule has 0 atom stereocenters. The average molecular weight is 370 g/mol. The van der Waals surface area contributed by atoms with Crippen molar-refractivity contribution in [3.63, 3.8) is 0 Å². The number of hydrogen-bond donors (Lipinski definition) is 1. The molecule has 0 radical (unpaired) electrons. The second kappa shape index (κ2) is 9.65. The molecule has 1 fully saturated rings. The predicted octanol–water partition coefficient (Wildman–Crippen LogP) is 2.56. The number of benzene rings is 1. The van der Waals surface area contributed by atoms with Crippen LogP contribution in [0.5, 0.6) is 0 Å². The number of aromatic nitrogens is 2. The van der Waals surface area contributed by atoms with Crippen molar-refractivity contribution in [2.75, 3.05) is 20.1 Å². The average Bonchev–Trinajstić information content (AvgIpc) is 2.71. The van der Waals surface area contributed by atoms with Crippen LogP contribution in [0.2, 0.25) is 0 Å². The zero-order valence-corrected chi connectivity index (χ0v) is 16.2. The van der Waals surface area contributed by atoms with Gasteiger partial charge in [0.15, 0.2) is 0 Å². The third-order valence-electron chi connectivity index (χ3n) is 5.52. The first kappa shape index (κ1) is 19.5. The molecule has 6 heteroatoms. The lowest BCUT2D eigenvalue weighted by atomic mass is 9.94. The molecule has 1 N–H and O–H groups in total. The monoisotopic (exact) mass is 370 g/mol. The summed E-state index contributed by atoms with van der Waals surface area (Å²) in [5.41, 5.74) is 0.681. The van der Waals surface area contributed by atoms with Crippen molar-refractivity contribution in [2.45, 2.75) is 57.5 Å². The third-order valence-corrected chi connectivity index (χ3v) is 5.52. The first-order valence-corrected chi connectivity index (χ1v) is 10.1. The van der Waals surface area contributed by atoms with E-state index < -0.39 is 0 Å². The van der Waals surface area contributed by atoms with E-state index in [9.17, 15) is 9.59 Å². The summed E-state index contributed by atoms with van der Waals surface area (Å²) in [6.45, 7) is 2.19. The highest BCUT2D eigenvalue weighted by atomic mass is 16.1. The normalized spacial score (nSPS) is 15.3. The molecule has 1 aliphatic rings. The largest absolute Gasteiger partial charge is 0.356 e. The van der Waals surface area contributed by atoms with Crippen LogP contribution >= 0.6 is 0 Å². The zero-order valence-electron chi connectivity index (χ0n) is 16.2. The molecule has 0 saturated heterocycles. The number of para-hydroxylation sites is 1. The fraction of sp³-hybridized carbons (Fsp3) is 0.571. The Morgan fingerprint density at radius 2 is 2.04 bits per heavy atom. The van der Waals surface area contributed by atoms with E-state index in [2.05, 4.69) is 22.4 Å². The lowest BCUT2D eigenvalue weighted by Crippen LogP contribution is -2.36. The summed E-state index contributed by atoms with van der Waals surface area (Å²) in [6.07, 6.45) is 9.34. The van der Waals surface area contributed by atoms with E-state index in [0.717, 1.165) is 18.5 Å². The number of fused-ring (bicyclic) bond motifs is 1. The topological polar surface area (TPSA) is 67.2 Å². The van der Waals surface area contributed by atoms with Crippen molar-refractivity contribution >= 4 is 16.8 Å². The van der Waals surface area contributed by atoms with Crippen molar-refractivity contribution in [1.29, 1.82) is 0 Å². The van der Waals surface area contributed by atoms with E-state index in [-0.39, 0.29) is 11.3 Å². The molecule has 0 spiro atoms. The van der Waals surface area contributed by atoms with Gasteiger partial charge >= 0.3 is 0 Å². The molecule has 2 aromatic rings. The summed E-state index contributed by atoms with van der Waals surface area (Å²) < 4.78 is 1.73. The van der Waals surface area contributed by atoms with Gasteiger partial charge in [-0.25, -0.2) is 0 Å². The molecular weight excluding hydrogens is 340 g/mol. The molecule has 1 aromatic heterocycles. The van der Waals surface area contributed by atoms with Gasteiger partial charge in [0.05, 0.1) is 18.3 Å². The Kier molecular flexibility index (Phi) is 6.98. The Morgan fingerprint density at radius 1 is 1.26 bits per heavy atom. The van der Waals surface area contributed by atoms with Gasteiger partial charge in [-0.05, 0) is 45.0 Å². The maximum atomic E-state index is 12.1. The number of amides is 1. The zero-order chi connectivity index (χ0) is 19.1.